The number of hydrogen-bond acceptors (Lipinski definition) is 3. The number of nitrogens with zero attached hydrogens (tertiary/aromatic N) is 1. The lowest BCUT2D eigenvalue weighted by molar-refractivity contribution is -0.119. The first-order chi connectivity index (χ1) is 9.63. The lowest BCUT2D eigenvalue weighted by Gasteiger charge is -2.32. The van der Waals surface area contributed by atoms with Crippen LogP contribution < -0.4 is 10.2 Å². The molecule has 1 aliphatic heterocycles. The molecule has 2 atom stereocenters. The Kier molecular flexibility index (Phi) is 5.15. The molecule has 4 heteroatoms. The zero-order valence-electron chi connectivity index (χ0n) is 12.3. The van der Waals surface area contributed by atoms with Crippen molar-refractivity contribution in [2.45, 2.75) is 32.2 Å². The number of anilines is 1. The first kappa shape index (κ1) is 15.0. The Bertz CT molecular complexity index is 462. The molecule has 1 heterocycles. The maximum atomic E-state index is 12.0. The van der Waals surface area contributed by atoms with Gasteiger partial charge in [-0.15, -0.1) is 0 Å². The monoisotopic (exact) mass is 276 g/mol. The smallest absolute Gasteiger partial charge is 0.228 e. The van der Waals surface area contributed by atoms with Crippen molar-refractivity contribution in [1.29, 1.82) is 0 Å². The molecule has 0 spiro atoms. The molecule has 0 saturated heterocycles. The summed E-state index contributed by atoms with van der Waals surface area (Å²) in [4.78, 5) is 13.7. The van der Waals surface area contributed by atoms with Gasteiger partial charge < -0.3 is 15.3 Å². The largest absolute Gasteiger partial charge is 0.396 e. The molecule has 0 saturated carbocycles. The summed E-state index contributed by atoms with van der Waals surface area (Å²) >= 11 is 0. The fraction of sp³-hybridized carbons (Fsp3) is 0.562. The van der Waals surface area contributed by atoms with E-state index in [0.717, 1.165) is 25.1 Å². The van der Waals surface area contributed by atoms with Gasteiger partial charge in [0.1, 0.15) is 0 Å². The number of fused-ring (bicyclic) bond motifs is 1. The molecule has 0 aliphatic carbocycles. The molecule has 0 bridgehead atoms. The summed E-state index contributed by atoms with van der Waals surface area (Å²) < 4.78 is 0. The van der Waals surface area contributed by atoms with Crippen LogP contribution in [0, 0.1) is 5.92 Å². The van der Waals surface area contributed by atoms with Crippen LogP contribution in [0.15, 0.2) is 24.3 Å². The van der Waals surface area contributed by atoms with E-state index in [9.17, 15) is 4.79 Å². The molecule has 2 rings (SSSR count). The third-order valence-corrected chi connectivity index (χ3v) is 4.00. The minimum Gasteiger partial charge on any atom is -0.396 e. The number of carbonyl (C=O) groups excluding carboxylic acids is 1. The number of aliphatic hydroxyl groups is 1. The Morgan fingerprint density at radius 1 is 1.45 bits per heavy atom. The normalized spacial score (nSPS) is 19.9. The quantitative estimate of drug-likeness (QED) is 0.782. The van der Waals surface area contributed by atoms with Crippen molar-refractivity contribution < 1.29 is 9.90 Å². The fourth-order valence-corrected chi connectivity index (χ4v) is 2.64. The summed E-state index contributed by atoms with van der Waals surface area (Å²) in [6.45, 7) is 3.17. The van der Waals surface area contributed by atoms with E-state index < -0.39 is 0 Å². The van der Waals surface area contributed by atoms with Crippen LogP contribution in [0.2, 0.25) is 0 Å². The SMILES string of the molecule is CC(CO)CCCNC1CC(=O)N(C)c2ccccc21. The molecule has 0 aromatic heterocycles. The van der Waals surface area contributed by atoms with Crippen molar-refractivity contribution >= 4 is 11.6 Å². The van der Waals surface area contributed by atoms with E-state index in [1.54, 1.807) is 4.90 Å². The maximum Gasteiger partial charge on any atom is 0.228 e. The van der Waals surface area contributed by atoms with Crippen LogP contribution >= 0.6 is 0 Å². The predicted octanol–water partition coefficient (Wildman–Crippen LogP) is 2.09. The molecule has 2 N–H and O–H groups in total. The zero-order valence-corrected chi connectivity index (χ0v) is 12.3. The summed E-state index contributed by atoms with van der Waals surface area (Å²) in [6.07, 6.45) is 2.54. The Labute approximate surface area is 120 Å². The molecule has 1 amide bonds. The first-order valence-electron chi connectivity index (χ1n) is 7.33. The summed E-state index contributed by atoms with van der Waals surface area (Å²) in [7, 11) is 1.83. The van der Waals surface area contributed by atoms with Gasteiger partial charge in [-0.2, -0.15) is 0 Å². The van der Waals surface area contributed by atoms with E-state index in [-0.39, 0.29) is 18.6 Å². The highest BCUT2D eigenvalue weighted by Gasteiger charge is 2.28. The van der Waals surface area contributed by atoms with E-state index in [0.29, 0.717) is 12.3 Å². The number of para-hydroxylation sites is 1. The van der Waals surface area contributed by atoms with Gasteiger partial charge in [0, 0.05) is 31.8 Å². The van der Waals surface area contributed by atoms with E-state index >= 15 is 0 Å². The number of carbonyl (C=O) groups is 1. The first-order valence-corrected chi connectivity index (χ1v) is 7.33. The van der Waals surface area contributed by atoms with Crippen LogP contribution in [0.4, 0.5) is 5.69 Å². The second-order valence-electron chi connectivity index (χ2n) is 5.65. The Morgan fingerprint density at radius 2 is 2.20 bits per heavy atom. The highest BCUT2D eigenvalue weighted by atomic mass is 16.3. The van der Waals surface area contributed by atoms with Crippen LogP contribution in [0.3, 0.4) is 0 Å². The third kappa shape index (κ3) is 3.38. The molecule has 2 unspecified atom stereocenters. The van der Waals surface area contributed by atoms with Gasteiger partial charge in [-0.05, 0) is 36.9 Å². The highest BCUT2D eigenvalue weighted by molar-refractivity contribution is 5.96. The van der Waals surface area contributed by atoms with Gasteiger partial charge >= 0.3 is 0 Å². The highest BCUT2D eigenvalue weighted by Crippen LogP contribution is 2.33. The molecule has 110 valence electrons. The summed E-state index contributed by atoms with van der Waals surface area (Å²) in [6, 6.07) is 8.18. The van der Waals surface area contributed by atoms with Gasteiger partial charge in [0.2, 0.25) is 5.91 Å². The van der Waals surface area contributed by atoms with Gasteiger partial charge in [0.25, 0.3) is 0 Å². The molecule has 1 aliphatic rings. The minimum absolute atomic E-state index is 0.110. The standard InChI is InChI=1S/C16H24N2O2/c1-12(11-19)6-5-9-17-14-10-16(20)18(2)15-8-4-3-7-13(14)15/h3-4,7-8,12,14,17,19H,5-6,9-11H2,1-2H3. The van der Waals surface area contributed by atoms with E-state index in [1.165, 1.54) is 5.56 Å². The topological polar surface area (TPSA) is 52.6 Å². The second-order valence-corrected chi connectivity index (χ2v) is 5.65. The van der Waals surface area contributed by atoms with Crippen LogP contribution in [0.5, 0.6) is 0 Å². The minimum atomic E-state index is 0.110. The predicted molar refractivity (Wildman–Crippen MR) is 80.7 cm³/mol. The number of amides is 1. The van der Waals surface area contributed by atoms with Gasteiger partial charge in [-0.1, -0.05) is 25.1 Å². The lowest BCUT2D eigenvalue weighted by atomic mass is 9.96. The second kappa shape index (κ2) is 6.86. The van der Waals surface area contributed by atoms with Crippen LogP contribution in [-0.4, -0.2) is 31.2 Å². The number of nitrogens with one attached hydrogen (secondary N) is 1. The fourth-order valence-electron chi connectivity index (χ4n) is 2.64. The Hall–Kier alpha value is -1.39. The van der Waals surface area contributed by atoms with Gasteiger partial charge in [0.05, 0.1) is 0 Å². The molecule has 20 heavy (non-hydrogen) atoms. The average Bonchev–Trinajstić information content (AvgIpc) is 2.48. The third-order valence-electron chi connectivity index (χ3n) is 4.00. The van der Waals surface area contributed by atoms with Crippen LogP contribution in [-0.2, 0) is 4.79 Å². The number of benzene rings is 1. The van der Waals surface area contributed by atoms with E-state index in [2.05, 4.69) is 11.4 Å². The van der Waals surface area contributed by atoms with Crippen molar-refractivity contribution in [2.24, 2.45) is 5.92 Å². The maximum absolute atomic E-state index is 12.0. The molecule has 1 aromatic carbocycles. The number of aliphatic hydroxyl groups excluding tert-OH is 1. The Balaban J connectivity index is 1.95. The van der Waals surface area contributed by atoms with Gasteiger partial charge in [-0.3, -0.25) is 4.79 Å². The molecule has 0 fully saturated rings. The molecular weight excluding hydrogens is 252 g/mol. The van der Waals surface area contributed by atoms with Crippen molar-refractivity contribution in [1.82, 2.24) is 5.32 Å². The molecule has 4 nitrogen and oxygen atoms in total. The number of rotatable bonds is 6. The Morgan fingerprint density at radius 3 is 2.95 bits per heavy atom. The van der Waals surface area contributed by atoms with Crippen molar-refractivity contribution in [3.05, 3.63) is 29.8 Å². The summed E-state index contributed by atoms with van der Waals surface area (Å²) in [5, 5.41) is 12.5. The molecule has 1 aromatic rings. The number of hydrogen-bond donors (Lipinski definition) is 2. The molecule has 0 radical (unpaired) electrons. The van der Waals surface area contributed by atoms with Gasteiger partial charge in [0.15, 0.2) is 0 Å². The van der Waals surface area contributed by atoms with Crippen LogP contribution in [0.25, 0.3) is 0 Å². The zero-order chi connectivity index (χ0) is 14.5. The van der Waals surface area contributed by atoms with E-state index in [1.807, 2.05) is 32.2 Å². The molecular formula is C16H24N2O2. The summed E-state index contributed by atoms with van der Waals surface area (Å²) in [5.41, 5.74) is 2.20. The lowest BCUT2D eigenvalue weighted by Crippen LogP contribution is -2.38. The summed E-state index contributed by atoms with van der Waals surface area (Å²) in [5.74, 6) is 0.508. The van der Waals surface area contributed by atoms with Gasteiger partial charge in [-0.25, -0.2) is 0 Å². The van der Waals surface area contributed by atoms with E-state index in [4.69, 9.17) is 5.11 Å². The van der Waals surface area contributed by atoms with Crippen LogP contribution in [0.1, 0.15) is 37.8 Å². The van der Waals surface area contributed by atoms with Crippen molar-refractivity contribution in [2.75, 3.05) is 25.1 Å². The average molecular weight is 276 g/mol. The van der Waals surface area contributed by atoms with Crippen molar-refractivity contribution in [3.8, 4) is 0 Å². The van der Waals surface area contributed by atoms with Crippen molar-refractivity contribution in [3.63, 3.8) is 0 Å².